The van der Waals surface area contributed by atoms with Crippen LogP contribution in [0.1, 0.15) is 57.1 Å². The second-order valence-electron chi connectivity index (χ2n) is 5.30. The smallest absolute Gasteiger partial charge is 0.359 e. The van der Waals surface area contributed by atoms with Crippen LogP contribution in [0.15, 0.2) is 0 Å². The SMILES string of the molecule is CCCn1nc(C(=O)OCC)c(C(C)(C)C)c1N. The zero-order chi connectivity index (χ0) is 13.9. The molecule has 0 spiro atoms. The molecule has 0 radical (unpaired) electrons. The highest BCUT2D eigenvalue weighted by molar-refractivity contribution is 5.91. The Morgan fingerprint density at radius 2 is 2.00 bits per heavy atom. The van der Waals surface area contributed by atoms with E-state index in [4.69, 9.17) is 10.5 Å². The number of esters is 1. The van der Waals surface area contributed by atoms with Crippen molar-refractivity contribution < 1.29 is 9.53 Å². The third kappa shape index (κ3) is 2.83. The molecule has 1 heterocycles. The summed E-state index contributed by atoms with van der Waals surface area (Å²) >= 11 is 0. The van der Waals surface area contributed by atoms with Crippen LogP contribution < -0.4 is 5.73 Å². The van der Waals surface area contributed by atoms with Gasteiger partial charge in [0.1, 0.15) is 5.82 Å². The molecule has 1 aromatic rings. The van der Waals surface area contributed by atoms with E-state index in [0.717, 1.165) is 12.0 Å². The fraction of sp³-hybridized carbons (Fsp3) is 0.692. The average molecular weight is 253 g/mol. The molecule has 0 aliphatic rings. The first-order chi connectivity index (χ1) is 8.32. The number of hydrogen-bond donors (Lipinski definition) is 1. The van der Waals surface area contributed by atoms with Crippen molar-refractivity contribution in [2.24, 2.45) is 0 Å². The average Bonchev–Trinajstić information content (AvgIpc) is 2.57. The molecule has 2 N–H and O–H groups in total. The first-order valence-corrected chi connectivity index (χ1v) is 6.36. The van der Waals surface area contributed by atoms with Crippen molar-refractivity contribution in [3.05, 3.63) is 11.3 Å². The van der Waals surface area contributed by atoms with Gasteiger partial charge in [-0.3, -0.25) is 0 Å². The summed E-state index contributed by atoms with van der Waals surface area (Å²) in [5, 5.41) is 4.30. The summed E-state index contributed by atoms with van der Waals surface area (Å²) in [5.74, 6) is 0.163. The van der Waals surface area contributed by atoms with Gasteiger partial charge in [0.25, 0.3) is 0 Å². The Labute approximate surface area is 108 Å². The predicted octanol–water partition coefficient (Wildman–Crippen LogP) is 2.35. The maximum atomic E-state index is 11.9. The molecule has 0 saturated carbocycles. The van der Waals surface area contributed by atoms with Gasteiger partial charge in [0.15, 0.2) is 5.69 Å². The molecule has 0 amide bonds. The topological polar surface area (TPSA) is 70.1 Å². The Kier molecular flexibility index (Phi) is 4.38. The minimum absolute atomic E-state index is 0.238. The fourth-order valence-electron chi connectivity index (χ4n) is 1.94. The van der Waals surface area contributed by atoms with Crippen LogP contribution in [0.3, 0.4) is 0 Å². The van der Waals surface area contributed by atoms with E-state index >= 15 is 0 Å². The number of carbonyl (C=O) groups is 1. The maximum Gasteiger partial charge on any atom is 0.359 e. The lowest BCUT2D eigenvalue weighted by Gasteiger charge is -2.19. The van der Waals surface area contributed by atoms with E-state index in [2.05, 4.69) is 5.10 Å². The van der Waals surface area contributed by atoms with Gasteiger partial charge in [-0.2, -0.15) is 5.10 Å². The monoisotopic (exact) mass is 253 g/mol. The Hall–Kier alpha value is -1.52. The first-order valence-electron chi connectivity index (χ1n) is 6.36. The number of rotatable bonds is 4. The lowest BCUT2D eigenvalue weighted by atomic mass is 9.86. The molecule has 0 fully saturated rings. The number of hydrogen-bond acceptors (Lipinski definition) is 4. The van der Waals surface area contributed by atoms with Crippen molar-refractivity contribution in [3.8, 4) is 0 Å². The molecule has 0 aliphatic carbocycles. The van der Waals surface area contributed by atoms with Gasteiger partial charge in [-0.05, 0) is 18.8 Å². The number of anilines is 1. The number of aromatic nitrogens is 2. The third-order valence-corrected chi connectivity index (χ3v) is 2.65. The molecule has 1 rings (SSSR count). The third-order valence-electron chi connectivity index (χ3n) is 2.65. The Balaban J connectivity index is 3.31. The molecule has 0 aliphatic heterocycles. The number of nitrogens with zero attached hydrogens (tertiary/aromatic N) is 2. The molecule has 0 bridgehead atoms. The summed E-state index contributed by atoms with van der Waals surface area (Å²) < 4.78 is 6.73. The van der Waals surface area contributed by atoms with Crippen molar-refractivity contribution in [2.75, 3.05) is 12.3 Å². The van der Waals surface area contributed by atoms with Gasteiger partial charge in [-0.1, -0.05) is 27.7 Å². The molecule has 0 atom stereocenters. The van der Waals surface area contributed by atoms with E-state index < -0.39 is 5.97 Å². The highest BCUT2D eigenvalue weighted by Crippen LogP contribution is 2.31. The fourth-order valence-corrected chi connectivity index (χ4v) is 1.94. The number of nitrogen functional groups attached to an aromatic ring is 1. The molecule has 102 valence electrons. The van der Waals surface area contributed by atoms with Crippen LogP contribution in [-0.4, -0.2) is 22.4 Å². The van der Waals surface area contributed by atoms with Crippen LogP contribution in [0.5, 0.6) is 0 Å². The minimum atomic E-state index is -0.399. The van der Waals surface area contributed by atoms with E-state index in [0.29, 0.717) is 24.7 Å². The van der Waals surface area contributed by atoms with E-state index in [1.807, 2.05) is 27.7 Å². The molecular formula is C13H23N3O2. The largest absolute Gasteiger partial charge is 0.461 e. The van der Waals surface area contributed by atoms with Gasteiger partial charge in [-0.25, -0.2) is 9.48 Å². The molecule has 5 heteroatoms. The predicted molar refractivity (Wildman–Crippen MR) is 71.6 cm³/mol. The quantitative estimate of drug-likeness (QED) is 0.836. The number of ether oxygens (including phenoxy) is 1. The standard InChI is InChI=1S/C13H23N3O2/c1-6-8-16-11(14)9(13(3,4)5)10(15-16)12(17)18-7-2/h6-8,14H2,1-5H3. The number of nitrogens with two attached hydrogens (primary N) is 1. The summed E-state index contributed by atoms with van der Waals surface area (Å²) in [6, 6.07) is 0. The van der Waals surface area contributed by atoms with Crippen LogP contribution in [0.2, 0.25) is 0 Å². The normalized spacial score (nSPS) is 11.6. The van der Waals surface area contributed by atoms with E-state index in [9.17, 15) is 4.79 Å². The molecule has 0 saturated heterocycles. The van der Waals surface area contributed by atoms with Crippen molar-refractivity contribution in [1.29, 1.82) is 0 Å². The van der Waals surface area contributed by atoms with Crippen molar-refractivity contribution in [2.45, 2.75) is 53.0 Å². The zero-order valence-electron chi connectivity index (χ0n) is 11.9. The van der Waals surface area contributed by atoms with Crippen LogP contribution in [0.25, 0.3) is 0 Å². The lowest BCUT2D eigenvalue weighted by Crippen LogP contribution is -2.18. The summed E-state index contributed by atoms with van der Waals surface area (Å²) in [7, 11) is 0. The molecule has 0 aromatic carbocycles. The van der Waals surface area contributed by atoms with Crippen LogP contribution in [-0.2, 0) is 16.7 Å². The molecular weight excluding hydrogens is 230 g/mol. The molecule has 0 unspecified atom stereocenters. The first kappa shape index (κ1) is 14.5. The minimum Gasteiger partial charge on any atom is -0.461 e. The zero-order valence-corrected chi connectivity index (χ0v) is 11.9. The van der Waals surface area contributed by atoms with Crippen LogP contribution >= 0.6 is 0 Å². The Morgan fingerprint density at radius 3 is 2.44 bits per heavy atom. The van der Waals surface area contributed by atoms with Crippen LogP contribution in [0.4, 0.5) is 5.82 Å². The molecule has 1 aromatic heterocycles. The second-order valence-corrected chi connectivity index (χ2v) is 5.30. The van der Waals surface area contributed by atoms with E-state index in [1.54, 1.807) is 11.6 Å². The summed E-state index contributed by atoms with van der Waals surface area (Å²) in [4.78, 5) is 11.9. The lowest BCUT2D eigenvalue weighted by molar-refractivity contribution is 0.0515. The molecule has 18 heavy (non-hydrogen) atoms. The van der Waals surface area contributed by atoms with E-state index in [1.165, 1.54) is 0 Å². The highest BCUT2D eigenvalue weighted by Gasteiger charge is 2.30. The van der Waals surface area contributed by atoms with Gasteiger partial charge >= 0.3 is 5.97 Å². The highest BCUT2D eigenvalue weighted by atomic mass is 16.5. The van der Waals surface area contributed by atoms with Gasteiger partial charge in [0, 0.05) is 12.1 Å². The molecule has 5 nitrogen and oxygen atoms in total. The van der Waals surface area contributed by atoms with Crippen molar-refractivity contribution in [1.82, 2.24) is 9.78 Å². The summed E-state index contributed by atoms with van der Waals surface area (Å²) in [6.07, 6.45) is 0.914. The van der Waals surface area contributed by atoms with E-state index in [-0.39, 0.29) is 5.41 Å². The number of aryl methyl sites for hydroxylation is 1. The van der Waals surface area contributed by atoms with Crippen molar-refractivity contribution >= 4 is 11.8 Å². The second kappa shape index (κ2) is 5.42. The Morgan fingerprint density at radius 1 is 1.39 bits per heavy atom. The number of carbonyl (C=O) groups excluding carboxylic acids is 1. The Bertz CT molecular complexity index is 430. The summed E-state index contributed by atoms with van der Waals surface area (Å²) in [5.41, 5.74) is 6.98. The van der Waals surface area contributed by atoms with Gasteiger partial charge in [-0.15, -0.1) is 0 Å². The van der Waals surface area contributed by atoms with Gasteiger partial charge < -0.3 is 10.5 Å². The van der Waals surface area contributed by atoms with Gasteiger partial charge in [0.2, 0.25) is 0 Å². The maximum absolute atomic E-state index is 11.9. The van der Waals surface area contributed by atoms with Gasteiger partial charge in [0.05, 0.1) is 6.61 Å². The van der Waals surface area contributed by atoms with Crippen LogP contribution in [0, 0.1) is 0 Å². The summed E-state index contributed by atoms with van der Waals surface area (Å²) in [6.45, 7) is 10.9. The van der Waals surface area contributed by atoms with Crippen molar-refractivity contribution in [3.63, 3.8) is 0 Å².